The Bertz CT molecular complexity index is 1080. The maximum atomic E-state index is 12.6. The molecule has 0 radical (unpaired) electrons. The SMILES string of the molecule is COC(=O)c1cc2[nH]c(=O)c3cnc(C4CCOCC4)n3c2cc1OCCN. The van der Waals surface area contributed by atoms with Gasteiger partial charge in [-0.3, -0.25) is 9.20 Å². The molecule has 9 nitrogen and oxygen atoms in total. The molecule has 4 rings (SSSR count). The number of nitrogens with two attached hydrogens (primary N) is 1. The Balaban J connectivity index is 1.97. The maximum absolute atomic E-state index is 12.6. The van der Waals surface area contributed by atoms with E-state index in [1.165, 1.54) is 7.11 Å². The van der Waals surface area contributed by atoms with Gasteiger partial charge in [0.1, 0.15) is 29.3 Å². The first kappa shape index (κ1) is 18.5. The highest BCUT2D eigenvalue weighted by Gasteiger charge is 2.24. The van der Waals surface area contributed by atoms with E-state index in [9.17, 15) is 9.59 Å². The Morgan fingerprint density at radius 2 is 2.14 bits per heavy atom. The number of hydrogen-bond acceptors (Lipinski definition) is 7. The fraction of sp³-hybridized carbons (Fsp3) is 0.421. The second-order valence-electron chi connectivity index (χ2n) is 6.67. The smallest absolute Gasteiger partial charge is 0.341 e. The summed E-state index contributed by atoms with van der Waals surface area (Å²) in [6.45, 7) is 1.88. The van der Waals surface area contributed by atoms with Crippen LogP contribution in [0.5, 0.6) is 5.75 Å². The van der Waals surface area contributed by atoms with Gasteiger partial charge in [0.15, 0.2) is 0 Å². The van der Waals surface area contributed by atoms with Crippen LogP contribution in [0.3, 0.4) is 0 Å². The zero-order valence-electron chi connectivity index (χ0n) is 15.6. The molecule has 0 amide bonds. The molecule has 0 unspecified atom stereocenters. The summed E-state index contributed by atoms with van der Waals surface area (Å²) >= 11 is 0. The quantitative estimate of drug-likeness (QED) is 0.632. The van der Waals surface area contributed by atoms with Gasteiger partial charge in [-0.1, -0.05) is 0 Å². The van der Waals surface area contributed by atoms with E-state index in [0.29, 0.717) is 42.1 Å². The van der Waals surface area contributed by atoms with Crippen LogP contribution in [-0.2, 0) is 9.47 Å². The molecule has 1 aliphatic rings. The number of carbonyl (C=O) groups is 1. The summed E-state index contributed by atoms with van der Waals surface area (Å²) in [7, 11) is 1.30. The monoisotopic (exact) mass is 386 g/mol. The number of nitrogens with zero attached hydrogens (tertiary/aromatic N) is 2. The molecule has 0 spiro atoms. The van der Waals surface area contributed by atoms with E-state index in [0.717, 1.165) is 18.7 Å². The van der Waals surface area contributed by atoms with E-state index >= 15 is 0 Å². The Labute approximate surface area is 160 Å². The van der Waals surface area contributed by atoms with Gasteiger partial charge >= 0.3 is 5.97 Å². The van der Waals surface area contributed by atoms with Crippen LogP contribution in [0.25, 0.3) is 16.6 Å². The molecular weight excluding hydrogens is 364 g/mol. The highest BCUT2D eigenvalue weighted by molar-refractivity contribution is 5.97. The van der Waals surface area contributed by atoms with E-state index < -0.39 is 5.97 Å². The minimum absolute atomic E-state index is 0.190. The van der Waals surface area contributed by atoms with Crippen molar-refractivity contribution in [2.45, 2.75) is 18.8 Å². The lowest BCUT2D eigenvalue weighted by Crippen LogP contribution is -2.19. The summed E-state index contributed by atoms with van der Waals surface area (Å²) in [6, 6.07) is 3.30. The highest BCUT2D eigenvalue weighted by atomic mass is 16.5. The number of hydrogen-bond donors (Lipinski definition) is 2. The molecule has 0 bridgehead atoms. The van der Waals surface area contributed by atoms with Gasteiger partial charge in [0, 0.05) is 31.7 Å². The van der Waals surface area contributed by atoms with Crippen LogP contribution in [0.15, 0.2) is 23.1 Å². The number of rotatable bonds is 5. The number of H-pyrrole nitrogens is 1. The molecular formula is C19H22N4O5. The predicted molar refractivity (Wildman–Crippen MR) is 102 cm³/mol. The van der Waals surface area contributed by atoms with Crippen LogP contribution in [0.4, 0.5) is 0 Å². The normalized spacial score (nSPS) is 15.2. The molecule has 1 aliphatic heterocycles. The van der Waals surface area contributed by atoms with Gasteiger partial charge in [-0.05, 0) is 18.9 Å². The molecule has 1 fully saturated rings. The van der Waals surface area contributed by atoms with Crippen molar-refractivity contribution < 1.29 is 19.0 Å². The standard InChI is InChI=1S/C19H22N4O5/c1-26-19(25)12-8-13-14(9-16(12)28-7-4-20)23-15(18(24)22-13)10-21-17(23)11-2-5-27-6-3-11/h8-11H,2-7,20H2,1H3,(H,22,24). The molecule has 1 aromatic carbocycles. The maximum Gasteiger partial charge on any atom is 0.341 e. The van der Waals surface area contributed by atoms with Crippen molar-refractivity contribution in [2.75, 3.05) is 33.5 Å². The molecule has 148 valence electrons. The fourth-order valence-corrected chi connectivity index (χ4v) is 3.62. The molecule has 0 aliphatic carbocycles. The first-order valence-electron chi connectivity index (χ1n) is 9.20. The summed E-state index contributed by atoms with van der Waals surface area (Å²) < 4.78 is 17.8. The van der Waals surface area contributed by atoms with Gasteiger partial charge in [-0.25, -0.2) is 9.78 Å². The molecule has 1 saturated heterocycles. The first-order valence-corrected chi connectivity index (χ1v) is 9.20. The third kappa shape index (κ3) is 3.12. The minimum Gasteiger partial charge on any atom is -0.491 e. The van der Waals surface area contributed by atoms with E-state index in [-0.39, 0.29) is 23.6 Å². The van der Waals surface area contributed by atoms with Crippen molar-refractivity contribution in [3.8, 4) is 5.75 Å². The van der Waals surface area contributed by atoms with Gasteiger partial charge < -0.3 is 24.9 Å². The van der Waals surface area contributed by atoms with Gasteiger partial charge in [-0.2, -0.15) is 0 Å². The van der Waals surface area contributed by atoms with Crippen molar-refractivity contribution in [3.05, 3.63) is 40.1 Å². The molecule has 0 saturated carbocycles. The molecule has 2 aromatic heterocycles. The number of aromatic nitrogens is 3. The van der Waals surface area contributed by atoms with Crippen LogP contribution in [0.2, 0.25) is 0 Å². The molecule has 9 heteroatoms. The van der Waals surface area contributed by atoms with Gasteiger partial charge in [0.05, 0.1) is 24.3 Å². The number of fused-ring (bicyclic) bond motifs is 3. The molecule has 3 aromatic rings. The van der Waals surface area contributed by atoms with E-state index in [1.807, 2.05) is 4.40 Å². The van der Waals surface area contributed by atoms with Crippen molar-refractivity contribution in [2.24, 2.45) is 5.73 Å². The van der Waals surface area contributed by atoms with Crippen LogP contribution < -0.4 is 16.0 Å². The predicted octanol–water partition coefficient (Wildman–Crippen LogP) is 1.19. The van der Waals surface area contributed by atoms with Crippen LogP contribution in [0, 0.1) is 0 Å². The van der Waals surface area contributed by atoms with Crippen LogP contribution in [0.1, 0.15) is 34.9 Å². The second kappa shape index (κ2) is 7.61. The number of aromatic amines is 1. The number of esters is 1. The molecule has 0 atom stereocenters. The third-order valence-corrected chi connectivity index (χ3v) is 4.98. The number of carbonyl (C=O) groups excluding carboxylic acids is 1. The lowest BCUT2D eigenvalue weighted by molar-refractivity contribution is 0.0596. The topological polar surface area (TPSA) is 121 Å². The summed E-state index contributed by atoms with van der Waals surface area (Å²) in [5.41, 5.74) is 7.16. The number of ether oxygens (including phenoxy) is 3. The first-order chi connectivity index (χ1) is 13.6. The fourth-order valence-electron chi connectivity index (χ4n) is 3.62. The lowest BCUT2D eigenvalue weighted by Gasteiger charge is -2.21. The van der Waals surface area contributed by atoms with E-state index in [1.54, 1.807) is 18.3 Å². The van der Waals surface area contributed by atoms with Gasteiger partial charge in [0.25, 0.3) is 5.56 Å². The van der Waals surface area contributed by atoms with Crippen molar-refractivity contribution in [3.63, 3.8) is 0 Å². The summed E-state index contributed by atoms with van der Waals surface area (Å²) in [6.07, 6.45) is 3.26. The zero-order valence-corrected chi connectivity index (χ0v) is 15.6. The largest absolute Gasteiger partial charge is 0.491 e. The van der Waals surface area contributed by atoms with Crippen molar-refractivity contribution in [1.29, 1.82) is 0 Å². The van der Waals surface area contributed by atoms with Crippen molar-refractivity contribution >= 4 is 22.5 Å². The Hall–Kier alpha value is -2.91. The molecule has 3 N–H and O–H groups in total. The number of nitrogens with one attached hydrogen (secondary N) is 1. The Morgan fingerprint density at radius 1 is 1.36 bits per heavy atom. The zero-order chi connectivity index (χ0) is 19.7. The summed E-state index contributed by atoms with van der Waals surface area (Å²) in [4.78, 5) is 32.1. The van der Waals surface area contributed by atoms with Crippen LogP contribution in [-0.4, -0.2) is 53.8 Å². The average molecular weight is 386 g/mol. The second-order valence-corrected chi connectivity index (χ2v) is 6.67. The Morgan fingerprint density at radius 3 is 2.86 bits per heavy atom. The number of imidazole rings is 1. The van der Waals surface area contributed by atoms with E-state index in [4.69, 9.17) is 19.9 Å². The summed E-state index contributed by atoms with van der Waals surface area (Å²) in [5, 5.41) is 0. The Kier molecular flexibility index (Phi) is 5.01. The summed E-state index contributed by atoms with van der Waals surface area (Å²) in [5.74, 6) is 0.801. The molecule has 3 heterocycles. The average Bonchev–Trinajstić information content (AvgIpc) is 3.18. The van der Waals surface area contributed by atoms with Gasteiger partial charge in [0.2, 0.25) is 0 Å². The van der Waals surface area contributed by atoms with E-state index in [2.05, 4.69) is 9.97 Å². The van der Waals surface area contributed by atoms with Crippen LogP contribution >= 0.6 is 0 Å². The third-order valence-electron chi connectivity index (χ3n) is 4.98. The lowest BCUT2D eigenvalue weighted by atomic mass is 9.99. The number of methoxy groups -OCH3 is 1. The van der Waals surface area contributed by atoms with Crippen molar-refractivity contribution in [1.82, 2.24) is 14.4 Å². The number of benzene rings is 1. The molecule has 28 heavy (non-hydrogen) atoms. The minimum atomic E-state index is -0.551. The van der Waals surface area contributed by atoms with Gasteiger partial charge in [-0.15, -0.1) is 0 Å². The highest BCUT2D eigenvalue weighted by Crippen LogP contribution is 2.30.